The molecule has 0 fully saturated rings. The number of methoxy groups -OCH3 is 1. The molecule has 0 aliphatic carbocycles. The first-order chi connectivity index (χ1) is 10.5. The van der Waals surface area contributed by atoms with Crippen molar-refractivity contribution >= 4 is 0 Å². The lowest BCUT2D eigenvalue weighted by Gasteiger charge is -2.41. The van der Waals surface area contributed by atoms with Crippen LogP contribution in [0.3, 0.4) is 0 Å². The molecule has 0 radical (unpaired) electrons. The summed E-state index contributed by atoms with van der Waals surface area (Å²) in [7, 11) is 1.66. The number of hydrogen-bond acceptors (Lipinski definition) is 3. The predicted molar refractivity (Wildman–Crippen MR) is 95.1 cm³/mol. The summed E-state index contributed by atoms with van der Waals surface area (Å²) in [6.45, 7) is 15.2. The smallest absolute Gasteiger partial charge is 0.118 e. The van der Waals surface area contributed by atoms with Crippen molar-refractivity contribution in [2.24, 2.45) is 5.73 Å². The minimum absolute atomic E-state index is 0.106. The van der Waals surface area contributed by atoms with Gasteiger partial charge in [0.05, 0.1) is 12.6 Å². The number of ether oxygens (including phenoxy) is 1. The second kappa shape index (κ2) is 8.57. The standard InChI is InChI=1S/C19H28N2O/c1-6-13-19(20,16(4)21(14-7-2)15-8-3)17-9-11-18(22-5)12-10-17/h6-12,16H,1-3,13-15,20H2,4-5H3. The lowest BCUT2D eigenvalue weighted by molar-refractivity contribution is 0.159. The molecule has 0 aromatic heterocycles. The van der Waals surface area contributed by atoms with Crippen LogP contribution in [0.15, 0.2) is 62.2 Å². The van der Waals surface area contributed by atoms with Crippen molar-refractivity contribution in [3.63, 3.8) is 0 Å². The van der Waals surface area contributed by atoms with Crippen LogP contribution in [0.5, 0.6) is 5.75 Å². The van der Waals surface area contributed by atoms with E-state index in [4.69, 9.17) is 10.5 Å². The average molecular weight is 300 g/mol. The van der Waals surface area contributed by atoms with E-state index in [1.165, 1.54) is 0 Å². The summed E-state index contributed by atoms with van der Waals surface area (Å²) in [6.07, 6.45) is 6.34. The molecule has 0 aliphatic heterocycles. The summed E-state index contributed by atoms with van der Waals surface area (Å²) in [5, 5.41) is 0. The largest absolute Gasteiger partial charge is 0.497 e. The van der Waals surface area contributed by atoms with Crippen molar-refractivity contribution in [1.29, 1.82) is 0 Å². The normalized spacial score (nSPS) is 14.9. The molecule has 2 N–H and O–H groups in total. The SMILES string of the molecule is C=CCN(CC=C)C(C)C(N)(CC=C)c1ccc(OC)cc1. The maximum Gasteiger partial charge on any atom is 0.118 e. The van der Waals surface area contributed by atoms with Gasteiger partial charge in [-0.2, -0.15) is 0 Å². The van der Waals surface area contributed by atoms with E-state index in [0.717, 1.165) is 24.4 Å². The Hall–Kier alpha value is -1.84. The fraction of sp³-hybridized carbons (Fsp3) is 0.368. The molecular weight excluding hydrogens is 272 g/mol. The van der Waals surface area contributed by atoms with Crippen molar-refractivity contribution in [1.82, 2.24) is 4.90 Å². The molecule has 22 heavy (non-hydrogen) atoms. The van der Waals surface area contributed by atoms with Gasteiger partial charge in [-0.05, 0) is 31.0 Å². The van der Waals surface area contributed by atoms with Gasteiger partial charge in [-0.1, -0.05) is 30.4 Å². The van der Waals surface area contributed by atoms with Gasteiger partial charge in [0.15, 0.2) is 0 Å². The van der Waals surface area contributed by atoms with Crippen LogP contribution >= 0.6 is 0 Å². The molecule has 3 heteroatoms. The van der Waals surface area contributed by atoms with Gasteiger partial charge < -0.3 is 10.5 Å². The van der Waals surface area contributed by atoms with Gasteiger partial charge in [0.1, 0.15) is 5.75 Å². The second-order valence-electron chi connectivity index (χ2n) is 5.47. The van der Waals surface area contributed by atoms with Gasteiger partial charge in [-0.3, -0.25) is 4.90 Å². The molecule has 2 unspecified atom stereocenters. The predicted octanol–water partition coefficient (Wildman–Crippen LogP) is 3.49. The highest BCUT2D eigenvalue weighted by atomic mass is 16.5. The van der Waals surface area contributed by atoms with E-state index in [0.29, 0.717) is 6.42 Å². The van der Waals surface area contributed by atoms with Crippen LogP contribution < -0.4 is 10.5 Å². The minimum Gasteiger partial charge on any atom is -0.497 e. The summed E-state index contributed by atoms with van der Waals surface area (Å²) >= 11 is 0. The summed E-state index contributed by atoms with van der Waals surface area (Å²) in [5.41, 5.74) is 7.34. The fourth-order valence-corrected chi connectivity index (χ4v) is 2.72. The maximum atomic E-state index is 6.80. The van der Waals surface area contributed by atoms with Crippen LogP contribution in [0.4, 0.5) is 0 Å². The number of nitrogens with two attached hydrogens (primary N) is 1. The molecule has 0 spiro atoms. The second-order valence-corrected chi connectivity index (χ2v) is 5.47. The topological polar surface area (TPSA) is 38.5 Å². The van der Waals surface area contributed by atoms with Crippen LogP contribution in [0.25, 0.3) is 0 Å². The van der Waals surface area contributed by atoms with Gasteiger partial charge in [-0.25, -0.2) is 0 Å². The lowest BCUT2D eigenvalue weighted by Crippen LogP contribution is -2.54. The van der Waals surface area contributed by atoms with Gasteiger partial charge in [0.25, 0.3) is 0 Å². The van der Waals surface area contributed by atoms with E-state index in [2.05, 4.69) is 31.6 Å². The molecule has 3 nitrogen and oxygen atoms in total. The number of nitrogens with zero attached hydrogens (tertiary/aromatic N) is 1. The molecule has 0 bridgehead atoms. The third-order valence-electron chi connectivity index (χ3n) is 4.13. The van der Waals surface area contributed by atoms with E-state index in [-0.39, 0.29) is 6.04 Å². The Kier molecular flexibility index (Phi) is 7.09. The van der Waals surface area contributed by atoms with Crippen molar-refractivity contribution in [3.05, 3.63) is 67.8 Å². The molecule has 2 atom stereocenters. The Balaban J connectivity index is 3.17. The quantitative estimate of drug-likeness (QED) is 0.672. The first-order valence-electron chi connectivity index (χ1n) is 7.53. The molecule has 0 saturated carbocycles. The van der Waals surface area contributed by atoms with E-state index < -0.39 is 5.54 Å². The van der Waals surface area contributed by atoms with Crippen molar-refractivity contribution in [3.8, 4) is 5.75 Å². The zero-order valence-electron chi connectivity index (χ0n) is 13.8. The van der Waals surface area contributed by atoms with Crippen LogP contribution in [-0.4, -0.2) is 31.1 Å². The Morgan fingerprint density at radius 2 is 1.68 bits per heavy atom. The van der Waals surface area contributed by atoms with Crippen LogP contribution in [0, 0.1) is 0 Å². The van der Waals surface area contributed by atoms with E-state index >= 15 is 0 Å². The van der Waals surface area contributed by atoms with Gasteiger partial charge in [-0.15, -0.1) is 19.7 Å². The van der Waals surface area contributed by atoms with Gasteiger partial charge >= 0.3 is 0 Å². The maximum absolute atomic E-state index is 6.80. The minimum atomic E-state index is -0.528. The van der Waals surface area contributed by atoms with Gasteiger partial charge in [0.2, 0.25) is 0 Å². The summed E-state index contributed by atoms with van der Waals surface area (Å²) in [6, 6.07) is 8.04. The van der Waals surface area contributed by atoms with Crippen molar-refractivity contribution < 1.29 is 4.74 Å². The monoisotopic (exact) mass is 300 g/mol. The Labute approximate surface area is 134 Å². The molecular formula is C19H28N2O. The molecule has 0 amide bonds. The highest BCUT2D eigenvalue weighted by Crippen LogP contribution is 2.31. The van der Waals surface area contributed by atoms with Crippen LogP contribution in [-0.2, 0) is 5.54 Å². The zero-order valence-corrected chi connectivity index (χ0v) is 13.8. The third kappa shape index (κ3) is 4.09. The molecule has 1 aromatic carbocycles. The van der Waals surface area contributed by atoms with Gasteiger partial charge in [0, 0.05) is 19.1 Å². The van der Waals surface area contributed by atoms with Crippen LogP contribution in [0.1, 0.15) is 18.9 Å². The number of hydrogen-bond donors (Lipinski definition) is 1. The highest BCUT2D eigenvalue weighted by Gasteiger charge is 2.35. The molecule has 0 aliphatic rings. The van der Waals surface area contributed by atoms with Crippen molar-refractivity contribution in [2.75, 3.05) is 20.2 Å². The molecule has 120 valence electrons. The Morgan fingerprint density at radius 3 is 2.09 bits per heavy atom. The summed E-state index contributed by atoms with van der Waals surface area (Å²) < 4.78 is 5.23. The third-order valence-corrected chi connectivity index (χ3v) is 4.13. The highest BCUT2D eigenvalue weighted by molar-refractivity contribution is 5.33. The average Bonchev–Trinajstić information content (AvgIpc) is 2.54. The molecule has 1 rings (SSSR count). The van der Waals surface area contributed by atoms with E-state index in [9.17, 15) is 0 Å². The molecule has 0 saturated heterocycles. The Bertz CT molecular complexity index is 485. The van der Waals surface area contributed by atoms with Crippen LogP contribution in [0.2, 0.25) is 0 Å². The first kappa shape index (κ1) is 18.2. The molecule has 0 heterocycles. The Morgan fingerprint density at radius 1 is 1.14 bits per heavy atom. The van der Waals surface area contributed by atoms with E-state index in [1.54, 1.807) is 7.11 Å². The van der Waals surface area contributed by atoms with E-state index in [1.807, 2.05) is 42.5 Å². The summed E-state index contributed by atoms with van der Waals surface area (Å²) in [4.78, 5) is 2.26. The lowest BCUT2D eigenvalue weighted by atomic mass is 9.80. The van der Waals surface area contributed by atoms with Crippen molar-refractivity contribution in [2.45, 2.75) is 24.9 Å². The zero-order chi connectivity index (χ0) is 16.6. The first-order valence-corrected chi connectivity index (χ1v) is 7.53. The number of benzene rings is 1. The number of rotatable bonds is 10. The molecule has 1 aromatic rings. The fourth-order valence-electron chi connectivity index (χ4n) is 2.72. The summed E-state index contributed by atoms with van der Waals surface area (Å²) in [5.74, 6) is 0.825.